The molecule has 1 N–H and O–H groups in total. The van der Waals surface area contributed by atoms with Gasteiger partial charge in [0, 0.05) is 24.8 Å². The quantitative estimate of drug-likeness (QED) is 0.929. The second-order valence-electron chi connectivity index (χ2n) is 5.31. The van der Waals surface area contributed by atoms with Crippen LogP contribution in [0.4, 0.5) is 11.4 Å². The summed E-state index contributed by atoms with van der Waals surface area (Å²) in [4.78, 5) is 13.3. The molecular formula is C14H20N2O3S. The van der Waals surface area contributed by atoms with Crippen molar-refractivity contribution in [2.24, 2.45) is 0 Å². The van der Waals surface area contributed by atoms with Crippen LogP contribution in [0.2, 0.25) is 0 Å². The van der Waals surface area contributed by atoms with Gasteiger partial charge >= 0.3 is 0 Å². The Morgan fingerprint density at radius 2 is 2.05 bits per heavy atom. The summed E-state index contributed by atoms with van der Waals surface area (Å²) in [6.07, 6.45) is 1.75. The molecule has 1 aromatic carbocycles. The van der Waals surface area contributed by atoms with E-state index in [1.54, 1.807) is 31.7 Å². The SMILES string of the molecule is CC(=O)N1CCCc2cc(NS(=O)(=O)C(C)C)ccc21. The number of carbonyl (C=O) groups is 1. The van der Waals surface area contributed by atoms with Gasteiger partial charge < -0.3 is 4.90 Å². The molecule has 6 heteroatoms. The number of rotatable bonds is 3. The highest BCUT2D eigenvalue weighted by atomic mass is 32.2. The number of aryl methyl sites for hydroxylation is 1. The van der Waals surface area contributed by atoms with Gasteiger partial charge in [-0.2, -0.15) is 0 Å². The fourth-order valence-electron chi connectivity index (χ4n) is 2.27. The molecule has 0 radical (unpaired) electrons. The molecule has 0 spiro atoms. The molecule has 0 fully saturated rings. The molecule has 2 rings (SSSR count). The minimum absolute atomic E-state index is 0.0152. The lowest BCUT2D eigenvalue weighted by Crippen LogP contribution is -2.33. The fraction of sp³-hybridized carbons (Fsp3) is 0.500. The summed E-state index contributed by atoms with van der Waals surface area (Å²) in [5, 5.41) is -0.479. The largest absolute Gasteiger partial charge is 0.312 e. The molecule has 1 heterocycles. The Morgan fingerprint density at radius 3 is 2.65 bits per heavy atom. The second-order valence-corrected chi connectivity index (χ2v) is 7.55. The van der Waals surface area contributed by atoms with Crippen molar-refractivity contribution < 1.29 is 13.2 Å². The predicted molar refractivity (Wildman–Crippen MR) is 80.5 cm³/mol. The molecule has 1 aliphatic heterocycles. The highest BCUT2D eigenvalue weighted by Gasteiger charge is 2.21. The van der Waals surface area contributed by atoms with Crippen molar-refractivity contribution in [1.82, 2.24) is 0 Å². The topological polar surface area (TPSA) is 66.5 Å². The van der Waals surface area contributed by atoms with Crippen molar-refractivity contribution in [2.45, 2.75) is 38.9 Å². The van der Waals surface area contributed by atoms with Crippen LogP contribution in [-0.2, 0) is 21.2 Å². The summed E-state index contributed by atoms with van der Waals surface area (Å²) in [5.74, 6) is 0.0152. The number of nitrogens with zero attached hydrogens (tertiary/aromatic N) is 1. The van der Waals surface area contributed by atoms with Gasteiger partial charge in [0.2, 0.25) is 15.9 Å². The van der Waals surface area contributed by atoms with Crippen LogP contribution in [0.1, 0.15) is 32.8 Å². The van der Waals surface area contributed by atoms with Crippen LogP contribution in [0.5, 0.6) is 0 Å². The van der Waals surface area contributed by atoms with E-state index in [9.17, 15) is 13.2 Å². The normalized spacial score (nSPS) is 15.1. The van der Waals surface area contributed by atoms with Crippen LogP contribution < -0.4 is 9.62 Å². The third-order valence-corrected chi connectivity index (χ3v) is 5.22. The van der Waals surface area contributed by atoms with Gasteiger partial charge in [0.15, 0.2) is 0 Å². The van der Waals surface area contributed by atoms with Gasteiger partial charge in [-0.3, -0.25) is 9.52 Å². The summed E-state index contributed by atoms with van der Waals surface area (Å²) in [6.45, 7) is 5.54. The van der Waals surface area contributed by atoms with Gasteiger partial charge in [-0.25, -0.2) is 8.42 Å². The number of nitrogens with one attached hydrogen (secondary N) is 1. The smallest absolute Gasteiger partial charge is 0.235 e. The van der Waals surface area contributed by atoms with Crippen LogP contribution in [0.3, 0.4) is 0 Å². The van der Waals surface area contributed by atoms with Crippen LogP contribution in [0.15, 0.2) is 18.2 Å². The molecule has 0 unspecified atom stereocenters. The molecule has 5 nitrogen and oxygen atoms in total. The number of anilines is 2. The van der Waals surface area contributed by atoms with E-state index in [1.165, 1.54) is 0 Å². The first-order valence-electron chi connectivity index (χ1n) is 6.74. The first-order valence-corrected chi connectivity index (χ1v) is 8.28. The highest BCUT2D eigenvalue weighted by molar-refractivity contribution is 7.93. The molecule has 0 saturated carbocycles. The van der Waals surface area contributed by atoms with Gasteiger partial charge in [-0.15, -0.1) is 0 Å². The average molecular weight is 296 g/mol. The lowest BCUT2D eigenvalue weighted by atomic mass is 10.0. The molecule has 0 saturated heterocycles. The zero-order chi connectivity index (χ0) is 14.9. The zero-order valence-corrected chi connectivity index (χ0v) is 12.8. The molecular weight excluding hydrogens is 276 g/mol. The molecule has 0 atom stereocenters. The Hall–Kier alpha value is -1.56. The van der Waals surface area contributed by atoms with Gasteiger partial charge in [-0.05, 0) is 50.5 Å². The minimum Gasteiger partial charge on any atom is -0.312 e. The number of sulfonamides is 1. The molecule has 0 bridgehead atoms. The molecule has 1 amide bonds. The lowest BCUT2D eigenvalue weighted by molar-refractivity contribution is -0.116. The Morgan fingerprint density at radius 1 is 1.35 bits per heavy atom. The summed E-state index contributed by atoms with van der Waals surface area (Å²) in [5.41, 5.74) is 2.45. The van der Waals surface area contributed by atoms with E-state index >= 15 is 0 Å². The van der Waals surface area contributed by atoms with E-state index in [0.717, 1.165) is 30.6 Å². The first kappa shape index (κ1) is 14.8. The number of benzene rings is 1. The van der Waals surface area contributed by atoms with Gasteiger partial charge in [0.1, 0.15) is 0 Å². The van der Waals surface area contributed by atoms with Crippen LogP contribution in [-0.4, -0.2) is 26.1 Å². The summed E-state index contributed by atoms with van der Waals surface area (Å²) in [6, 6.07) is 5.35. The maximum Gasteiger partial charge on any atom is 0.235 e. The highest BCUT2D eigenvalue weighted by Crippen LogP contribution is 2.30. The van der Waals surface area contributed by atoms with E-state index in [0.29, 0.717) is 5.69 Å². The van der Waals surface area contributed by atoms with Crippen molar-refractivity contribution in [3.63, 3.8) is 0 Å². The van der Waals surface area contributed by atoms with Crippen molar-refractivity contribution in [1.29, 1.82) is 0 Å². The molecule has 1 aliphatic rings. The summed E-state index contributed by atoms with van der Waals surface area (Å²) >= 11 is 0. The van der Waals surface area contributed by atoms with Gasteiger partial charge in [-0.1, -0.05) is 0 Å². The van der Waals surface area contributed by atoms with Crippen molar-refractivity contribution in [3.8, 4) is 0 Å². The lowest BCUT2D eigenvalue weighted by Gasteiger charge is -2.29. The Bertz CT molecular complexity index is 623. The number of hydrogen-bond donors (Lipinski definition) is 1. The molecule has 110 valence electrons. The Balaban J connectivity index is 2.31. The second kappa shape index (κ2) is 5.44. The standard InChI is InChI=1S/C14H20N2O3S/c1-10(2)20(18,19)15-13-6-7-14-12(9-13)5-4-8-16(14)11(3)17/h6-7,9-10,15H,4-5,8H2,1-3H3. The maximum absolute atomic E-state index is 11.9. The number of amides is 1. The van der Waals surface area contributed by atoms with Crippen molar-refractivity contribution in [3.05, 3.63) is 23.8 Å². The average Bonchev–Trinajstić information content (AvgIpc) is 2.36. The third-order valence-electron chi connectivity index (χ3n) is 3.46. The minimum atomic E-state index is -3.34. The fourth-order valence-corrected chi connectivity index (χ4v) is 2.96. The number of hydrogen-bond acceptors (Lipinski definition) is 3. The number of carbonyl (C=O) groups excluding carboxylic acids is 1. The first-order chi connectivity index (χ1) is 9.31. The summed E-state index contributed by atoms with van der Waals surface area (Å²) in [7, 11) is -3.34. The van der Waals surface area contributed by atoms with E-state index < -0.39 is 15.3 Å². The third kappa shape index (κ3) is 2.95. The van der Waals surface area contributed by atoms with Crippen LogP contribution in [0.25, 0.3) is 0 Å². The van der Waals surface area contributed by atoms with Crippen LogP contribution >= 0.6 is 0 Å². The van der Waals surface area contributed by atoms with Gasteiger partial charge in [0.25, 0.3) is 0 Å². The van der Waals surface area contributed by atoms with E-state index in [1.807, 2.05) is 12.1 Å². The Labute approximate surface area is 120 Å². The monoisotopic (exact) mass is 296 g/mol. The van der Waals surface area contributed by atoms with Crippen molar-refractivity contribution >= 4 is 27.3 Å². The molecule has 0 aromatic heterocycles. The van der Waals surface area contributed by atoms with Crippen molar-refractivity contribution in [2.75, 3.05) is 16.2 Å². The van der Waals surface area contributed by atoms with Gasteiger partial charge in [0.05, 0.1) is 5.25 Å². The number of fused-ring (bicyclic) bond motifs is 1. The van der Waals surface area contributed by atoms with E-state index in [2.05, 4.69) is 4.72 Å². The molecule has 1 aromatic rings. The van der Waals surface area contributed by atoms with Crippen LogP contribution in [0, 0.1) is 0 Å². The summed E-state index contributed by atoms with van der Waals surface area (Å²) < 4.78 is 26.3. The molecule has 0 aliphatic carbocycles. The molecule has 20 heavy (non-hydrogen) atoms. The van der Waals surface area contributed by atoms with E-state index in [4.69, 9.17) is 0 Å². The van der Waals surface area contributed by atoms with E-state index in [-0.39, 0.29) is 5.91 Å². The maximum atomic E-state index is 11.9. The Kier molecular flexibility index (Phi) is 4.04. The zero-order valence-electron chi connectivity index (χ0n) is 12.0. The predicted octanol–water partition coefficient (Wildman–Crippen LogP) is 2.14.